The van der Waals surface area contributed by atoms with Gasteiger partial charge in [0.2, 0.25) is 10.0 Å². The zero-order valence-electron chi connectivity index (χ0n) is 12.9. The van der Waals surface area contributed by atoms with Gasteiger partial charge in [-0.1, -0.05) is 6.42 Å². The van der Waals surface area contributed by atoms with Crippen molar-refractivity contribution in [1.82, 2.24) is 4.90 Å². The molecule has 1 spiro atoms. The van der Waals surface area contributed by atoms with Crippen LogP contribution in [0.1, 0.15) is 42.5 Å². The molecule has 1 aliphatic carbocycles. The summed E-state index contributed by atoms with van der Waals surface area (Å²) in [5, 5.41) is 15.4. The van der Waals surface area contributed by atoms with Gasteiger partial charge in [0, 0.05) is 24.1 Å². The monoisotopic (exact) mass is 338 g/mol. The third-order valence-electron chi connectivity index (χ3n) is 5.18. The molecule has 2 atom stereocenters. The minimum absolute atomic E-state index is 0.00428. The zero-order valence-corrected chi connectivity index (χ0v) is 13.8. The number of piperidine rings is 1. The molecular formula is C16H22N2O4S. The quantitative estimate of drug-likeness (QED) is 0.843. The molecule has 1 aromatic rings. The number of rotatable bonds is 2. The number of carbonyl (C=O) groups is 1. The van der Waals surface area contributed by atoms with Crippen LogP contribution in [0, 0.1) is 5.41 Å². The molecule has 126 valence electrons. The highest BCUT2D eigenvalue weighted by molar-refractivity contribution is 7.89. The molecule has 3 N–H and O–H groups in total. The molecule has 7 heteroatoms. The van der Waals surface area contributed by atoms with Crippen molar-refractivity contribution in [3.8, 4) is 0 Å². The van der Waals surface area contributed by atoms with Crippen molar-refractivity contribution in [2.24, 2.45) is 10.6 Å². The maximum absolute atomic E-state index is 12.7. The highest BCUT2D eigenvalue weighted by atomic mass is 32.2. The Kier molecular flexibility index (Phi) is 4.20. The minimum Gasteiger partial charge on any atom is -0.392 e. The van der Waals surface area contributed by atoms with Crippen LogP contribution in [0.5, 0.6) is 0 Å². The molecule has 3 rings (SSSR count). The summed E-state index contributed by atoms with van der Waals surface area (Å²) in [7, 11) is -3.75. The van der Waals surface area contributed by atoms with E-state index in [0.29, 0.717) is 18.7 Å². The number of nitrogens with zero attached hydrogens (tertiary/aromatic N) is 1. The van der Waals surface area contributed by atoms with E-state index in [1.54, 1.807) is 4.90 Å². The number of primary sulfonamides is 1. The molecule has 0 unspecified atom stereocenters. The van der Waals surface area contributed by atoms with Gasteiger partial charge in [0.25, 0.3) is 5.91 Å². The van der Waals surface area contributed by atoms with Gasteiger partial charge in [0.1, 0.15) is 0 Å². The van der Waals surface area contributed by atoms with Crippen molar-refractivity contribution >= 4 is 15.9 Å². The SMILES string of the molecule is NS(=O)(=O)c1ccc(C(=O)N2CCC[C@]3(CCC[C@H]3O)C2)cc1. The van der Waals surface area contributed by atoms with Crippen LogP contribution >= 0.6 is 0 Å². The lowest BCUT2D eigenvalue weighted by molar-refractivity contribution is -0.00536. The first-order valence-corrected chi connectivity index (χ1v) is 9.47. The second kappa shape index (κ2) is 5.89. The van der Waals surface area contributed by atoms with E-state index in [0.717, 1.165) is 32.1 Å². The molecule has 1 saturated heterocycles. The second-order valence-corrected chi connectivity index (χ2v) is 8.23. The van der Waals surface area contributed by atoms with Gasteiger partial charge >= 0.3 is 0 Å². The van der Waals surface area contributed by atoms with E-state index in [2.05, 4.69) is 0 Å². The van der Waals surface area contributed by atoms with Crippen molar-refractivity contribution in [3.05, 3.63) is 29.8 Å². The molecule has 0 aromatic heterocycles. The lowest BCUT2D eigenvalue weighted by atomic mass is 9.76. The van der Waals surface area contributed by atoms with Gasteiger partial charge in [0.15, 0.2) is 0 Å². The van der Waals surface area contributed by atoms with E-state index in [9.17, 15) is 18.3 Å². The van der Waals surface area contributed by atoms with Crippen LogP contribution in [0.3, 0.4) is 0 Å². The minimum atomic E-state index is -3.75. The average Bonchev–Trinajstić information content (AvgIpc) is 2.86. The van der Waals surface area contributed by atoms with Crippen molar-refractivity contribution in [3.63, 3.8) is 0 Å². The van der Waals surface area contributed by atoms with E-state index >= 15 is 0 Å². The molecular weight excluding hydrogens is 316 g/mol. The topological polar surface area (TPSA) is 101 Å². The average molecular weight is 338 g/mol. The Morgan fingerprint density at radius 1 is 1.22 bits per heavy atom. The molecule has 0 bridgehead atoms. The molecule has 2 aliphatic rings. The molecule has 6 nitrogen and oxygen atoms in total. The fourth-order valence-electron chi connectivity index (χ4n) is 3.90. The molecule has 1 aromatic carbocycles. The van der Waals surface area contributed by atoms with Gasteiger partial charge in [0.05, 0.1) is 11.0 Å². The molecule has 1 heterocycles. The smallest absolute Gasteiger partial charge is 0.253 e. The Morgan fingerprint density at radius 2 is 1.87 bits per heavy atom. The first-order valence-electron chi connectivity index (χ1n) is 7.92. The van der Waals surface area contributed by atoms with Crippen molar-refractivity contribution in [1.29, 1.82) is 0 Å². The van der Waals surface area contributed by atoms with Crippen LogP contribution in [0.4, 0.5) is 0 Å². The largest absolute Gasteiger partial charge is 0.392 e. The Labute approximate surface area is 136 Å². The third-order valence-corrected chi connectivity index (χ3v) is 6.11. The summed E-state index contributed by atoms with van der Waals surface area (Å²) in [6, 6.07) is 5.70. The number of carbonyl (C=O) groups excluding carboxylic acids is 1. The van der Waals surface area contributed by atoms with Gasteiger partial charge < -0.3 is 10.0 Å². The van der Waals surface area contributed by atoms with Gasteiger partial charge in [-0.3, -0.25) is 4.79 Å². The number of aliphatic hydroxyl groups excluding tert-OH is 1. The fourth-order valence-corrected chi connectivity index (χ4v) is 4.42. The maximum atomic E-state index is 12.7. The number of benzene rings is 1. The highest BCUT2D eigenvalue weighted by Crippen LogP contribution is 2.45. The van der Waals surface area contributed by atoms with Crippen LogP contribution in [-0.2, 0) is 10.0 Å². The number of hydrogen-bond acceptors (Lipinski definition) is 4. The summed E-state index contributed by atoms with van der Waals surface area (Å²) in [5.74, 6) is -0.121. The predicted molar refractivity (Wildman–Crippen MR) is 85.2 cm³/mol. The molecule has 1 saturated carbocycles. The first-order chi connectivity index (χ1) is 10.8. The van der Waals surface area contributed by atoms with Crippen LogP contribution in [0.2, 0.25) is 0 Å². The number of aliphatic hydroxyl groups is 1. The summed E-state index contributed by atoms with van der Waals surface area (Å²) in [4.78, 5) is 14.4. The third kappa shape index (κ3) is 3.13. The maximum Gasteiger partial charge on any atom is 0.253 e. The number of hydrogen-bond donors (Lipinski definition) is 2. The zero-order chi connectivity index (χ0) is 16.7. The van der Waals surface area contributed by atoms with E-state index in [1.807, 2.05) is 0 Å². The normalized spacial score (nSPS) is 28.3. The van der Waals surface area contributed by atoms with Crippen molar-refractivity contribution in [2.45, 2.75) is 43.1 Å². The molecule has 2 fully saturated rings. The summed E-state index contributed by atoms with van der Waals surface area (Å²) < 4.78 is 22.6. The van der Waals surface area contributed by atoms with E-state index in [1.165, 1.54) is 24.3 Å². The Bertz CT molecular complexity index is 701. The fraction of sp³-hybridized carbons (Fsp3) is 0.562. The summed E-state index contributed by atoms with van der Waals surface area (Å²) >= 11 is 0. The number of sulfonamides is 1. The summed E-state index contributed by atoms with van der Waals surface area (Å²) in [6.45, 7) is 1.24. The molecule has 1 aliphatic heterocycles. The Balaban J connectivity index is 1.77. The van der Waals surface area contributed by atoms with Gasteiger partial charge in [-0.05, 0) is 49.9 Å². The van der Waals surface area contributed by atoms with E-state index < -0.39 is 10.0 Å². The van der Waals surface area contributed by atoms with Gasteiger partial charge in [-0.15, -0.1) is 0 Å². The standard InChI is InChI=1S/C16H22N2O4S/c17-23(21,22)13-6-4-12(5-7-13)15(20)18-10-2-9-16(11-18)8-1-3-14(16)19/h4-7,14,19H,1-3,8-11H2,(H2,17,21,22)/t14-,16-/m1/s1. The van der Waals surface area contributed by atoms with Gasteiger partial charge in [-0.25, -0.2) is 13.6 Å². The number of likely N-dealkylation sites (tertiary alicyclic amines) is 1. The van der Waals surface area contributed by atoms with Crippen LogP contribution in [-0.4, -0.2) is 43.5 Å². The van der Waals surface area contributed by atoms with Crippen molar-refractivity contribution in [2.75, 3.05) is 13.1 Å². The molecule has 0 radical (unpaired) electrons. The lowest BCUT2D eigenvalue weighted by Crippen LogP contribution is -2.49. The Morgan fingerprint density at radius 3 is 2.43 bits per heavy atom. The first kappa shape index (κ1) is 16.4. The van der Waals surface area contributed by atoms with E-state index in [-0.39, 0.29) is 22.3 Å². The van der Waals surface area contributed by atoms with Crippen molar-refractivity contribution < 1.29 is 18.3 Å². The number of nitrogens with two attached hydrogens (primary N) is 1. The number of amides is 1. The van der Waals surface area contributed by atoms with Crippen LogP contribution in [0.15, 0.2) is 29.2 Å². The lowest BCUT2D eigenvalue weighted by Gasteiger charge is -2.42. The summed E-state index contributed by atoms with van der Waals surface area (Å²) in [5.41, 5.74) is 0.288. The van der Waals surface area contributed by atoms with Crippen LogP contribution in [0.25, 0.3) is 0 Å². The summed E-state index contributed by atoms with van der Waals surface area (Å²) in [6.07, 6.45) is 4.29. The second-order valence-electron chi connectivity index (χ2n) is 6.67. The van der Waals surface area contributed by atoms with Gasteiger partial charge in [-0.2, -0.15) is 0 Å². The Hall–Kier alpha value is -1.44. The highest BCUT2D eigenvalue weighted by Gasteiger charge is 2.45. The van der Waals surface area contributed by atoms with Crippen LogP contribution < -0.4 is 5.14 Å². The van der Waals surface area contributed by atoms with E-state index in [4.69, 9.17) is 5.14 Å². The molecule has 1 amide bonds. The predicted octanol–water partition coefficient (Wildman–Crippen LogP) is 1.10. The molecule has 23 heavy (non-hydrogen) atoms.